The molecule has 1 saturated carbocycles. The van der Waals surface area contributed by atoms with E-state index in [4.69, 9.17) is 0 Å². The molecule has 15 heavy (non-hydrogen) atoms. The van der Waals surface area contributed by atoms with Crippen molar-refractivity contribution in [3.05, 3.63) is 12.2 Å². The smallest absolute Gasteiger partial charge is 0.134 e. The van der Waals surface area contributed by atoms with Crippen molar-refractivity contribution >= 4 is 0 Å². The number of hydrogen-bond acceptors (Lipinski definition) is 3. The molecule has 1 heterocycles. The zero-order valence-electron chi connectivity index (χ0n) is 9.61. The van der Waals surface area contributed by atoms with E-state index in [2.05, 4.69) is 33.9 Å². The van der Waals surface area contributed by atoms with Gasteiger partial charge in [-0.2, -0.15) is 0 Å². The Morgan fingerprint density at radius 1 is 1.60 bits per heavy atom. The molecule has 0 saturated heterocycles. The standard InChI is InChI=1S/C11H20N4/c1-3-15-8-13-14-11(15)6-7-12-9(2)10-4-5-10/h8-10,12H,3-7H2,1-2H3. The molecule has 1 aromatic rings. The topological polar surface area (TPSA) is 42.7 Å². The molecule has 1 fully saturated rings. The summed E-state index contributed by atoms with van der Waals surface area (Å²) in [4.78, 5) is 0. The van der Waals surface area contributed by atoms with Crippen molar-refractivity contribution < 1.29 is 0 Å². The Kier molecular flexibility index (Phi) is 3.36. The van der Waals surface area contributed by atoms with Crippen LogP contribution in [0.15, 0.2) is 6.33 Å². The molecule has 84 valence electrons. The van der Waals surface area contributed by atoms with Crippen LogP contribution in [-0.2, 0) is 13.0 Å². The van der Waals surface area contributed by atoms with Crippen LogP contribution in [0.5, 0.6) is 0 Å². The molecule has 1 aliphatic rings. The number of aromatic nitrogens is 3. The maximum absolute atomic E-state index is 4.12. The number of rotatable bonds is 6. The van der Waals surface area contributed by atoms with Gasteiger partial charge in [0, 0.05) is 25.6 Å². The molecule has 0 radical (unpaired) electrons. The highest BCUT2D eigenvalue weighted by atomic mass is 15.3. The first-order valence-electron chi connectivity index (χ1n) is 5.91. The summed E-state index contributed by atoms with van der Waals surface area (Å²) in [6, 6.07) is 0.669. The molecular weight excluding hydrogens is 188 g/mol. The van der Waals surface area contributed by atoms with E-state index >= 15 is 0 Å². The molecule has 2 rings (SSSR count). The quantitative estimate of drug-likeness (QED) is 0.764. The van der Waals surface area contributed by atoms with Gasteiger partial charge in [-0.05, 0) is 32.6 Å². The van der Waals surface area contributed by atoms with Crippen LogP contribution in [0.2, 0.25) is 0 Å². The predicted octanol–water partition coefficient (Wildman–Crippen LogP) is 1.23. The van der Waals surface area contributed by atoms with Crippen molar-refractivity contribution in [2.24, 2.45) is 5.92 Å². The van der Waals surface area contributed by atoms with Crippen LogP contribution in [0.25, 0.3) is 0 Å². The Balaban J connectivity index is 1.72. The van der Waals surface area contributed by atoms with E-state index < -0.39 is 0 Å². The Bertz CT molecular complexity index is 303. The molecule has 0 bridgehead atoms. The first-order chi connectivity index (χ1) is 7.31. The van der Waals surface area contributed by atoms with E-state index in [1.54, 1.807) is 6.33 Å². The largest absolute Gasteiger partial charge is 0.318 e. The Labute approximate surface area is 91.1 Å². The lowest BCUT2D eigenvalue weighted by molar-refractivity contribution is 0.493. The van der Waals surface area contributed by atoms with Crippen LogP contribution in [0.3, 0.4) is 0 Å². The zero-order chi connectivity index (χ0) is 10.7. The van der Waals surface area contributed by atoms with Crippen LogP contribution in [0, 0.1) is 5.92 Å². The van der Waals surface area contributed by atoms with Crippen LogP contribution in [0.1, 0.15) is 32.5 Å². The van der Waals surface area contributed by atoms with Crippen molar-refractivity contribution in [1.82, 2.24) is 20.1 Å². The normalized spacial score (nSPS) is 18.0. The lowest BCUT2D eigenvalue weighted by Crippen LogP contribution is -2.30. The van der Waals surface area contributed by atoms with Crippen LogP contribution >= 0.6 is 0 Å². The van der Waals surface area contributed by atoms with E-state index in [1.807, 2.05) is 0 Å². The number of nitrogens with one attached hydrogen (secondary N) is 1. The SMILES string of the molecule is CCn1cnnc1CCNC(C)C1CC1. The van der Waals surface area contributed by atoms with Gasteiger partial charge in [0.15, 0.2) is 0 Å². The van der Waals surface area contributed by atoms with E-state index in [-0.39, 0.29) is 0 Å². The van der Waals surface area contributed by atoms with E-state index in [0.29, 0.717) is 6.04 Å². The third kappa shape index (κ3) is 2.78. The minimum Gasteiger partial charge on any atom is -0.318 e. The maximum atomic E-state index is 4.12. The lowest BCUT2D eigenvalue weighted by atomic mass is 10.2. The summed E-state index contributed by atoms with van der Waals surface area (Å²) in [5.74, 6) is 2.02. The third-order valence-electron chi connectivity index (χ3n) is 3.18. The Morgan fingerprint density at radius 3 is 3.07 bits per heavy atom. The summed E-state index contributed by atoms with van der Waals surface area (Å²) in [6.07, 6.45) is 5.59. The summed E-state index contributed by atoms with van der Waals surface area (Å²) >= 11 is 0. The number of aryl methyl sites for hydroxylation is 1. The minimum atomic E-state index is 0.669. The molecule has 1 N–H and O–H groups in total. The van der Waals surface area contributed by atoms with E-state index in [9.17, 15) is 0 Å². The first-order valence-corrected chi connectivity index (χ1v) is 5.91. The van der Waals surface area contributed by atoms with Crippen LogP contribution in [0.4, 0.5) is 0 Å². The second-order valence-corrected chi connectivity index (χ2v) is 4.36. The minimum absolute atomic E-state index is 0.669. The summed E-state index contributed by atoms with van der Waals surface area (Å²) in [5, 5.41) is 11.6. The number of nitrogens with zero attached hydrogens (tertiary/aromatic N) is 3. The molecular formula is C11H20N4. The molecule has 1 aromatic heterocycles. The maximum Gasteiger partial charge on any atom is 0.134 e. The monoisotopic (exact) mass is 208 g/mol. The van der Waals surface area contributed by atoms with Gasteiger partial charge in [0.25, 0.3) is 0 Å². The van der Waals surface area contributed by atoms with Gasteiger partial charge in [-0.25, -0.2) is 0 Å². The van der Waals surface area contributed by atoms with Gasteiger partial charge in [0.05, 0.1) is 0 Å². The Morgan fingerprint density at radius 2 is 2.40 bits per heavy atom. The highest BCUT2D eigenvalue weighted by Gasteiger charge is 2.27. The fourth-order valence-corrected chi connectivity index (χ4v) is 1.91. The third-order valence-corrected chi connectivity index (χ3v) is 3.18. The predicted molar refractivity (Wildman–Crippen MR) is 59.6 cm³/mol. The van der Waals surface area contributed by atoms with Crippen molar-refractivity contribution in [1.29, 1.82) is 0 Å². The molecule has 0 amide bonds. The van der Waals surface area contributed by atoms with Crippen molar-refractivity contribution in [3.63, 3.8) is 0 Å². The summed E-state index contributed by atoms with van der Waals surface area (Å²) in [7, 11) is 0. The highest BCUT2D eigenvalue weighted by Crippen LogP contribution is 2.32. The average Bonchev–Trinajstić information content (AvgIpc) is 2.99. The molecule has 1 aliphatic carbocycles. The van der Waals surface area contributed by atoms with Gasteiger partial charge in [-0.15, -0.1) is 10.2 Å². The fraction of sp³-hybridized carbons (Fsp3) is 0.818. The Hall–Kier alpha value is -0.900. The van der Waals surface area contributed by atoms with Crippen LogP contribution < -0.4 is 5.32 Å². The molecule has 1 unspecified atom stereocenters. The lowest BCUT2D eigenvalue weighted by Gasteiger charge is -2.12. The average molecular weight is 208 g/mol. The summed E-state index contributed by atoms with van der Waals surface area (Å²) in [5.41, 5.74) is 0. The zero-order valence-corrected chi connectivity index (χ0v) is 9.61. The summed E-state index contributed by atoms with van der Waals surface area (Å²) in [6.45, 7) is 6.37. The van der Waals surface area contributed by atoms with Crippen molar-refractivity contribution in [2.45, 2.75) is 45.7 Å². The van der Waals surface area contributed by atoms with Crippen molar-refractivity contribution in [3.8, 4) is 0 Å². The van der Waals surface area contributed by atoms with Gasteiger partial charge < -0.3 is 9.88 Å². The van der Waals surface area contributed by atoms with E-state index in [0.717, 1.165) is 31.3 Å². The van der Waals surface area contributed by atoms with E-state index in [1.165, 1.54) is 12.8 Å². The highest BCUT2D eigenvalue weighted by molar-refractivity contribution is 4.88. The second kappa shape index (κ2) is 4.75. The van der Waals surface area contributed by atoms with Crippen molar-refractivity contribution in [2.75, 3.05) is 6.54 Å². The molecule has 4 nitrogen and oxygen atoms in total. The van der Waals surface area contributed by atoms with Gasteiger partial charge in [-0.1, -0.05) is 0 Å². The molecule has 0 aliphatic heterocycles. The molecule has 0 spiro atoms. The molecule has 4 heteroatoms. The van der Waals surface area contributed by atoms with Gasteiger partial charge in [-0.3, -0.25) is 0 Å². The first kappa shape index (κ1) is 10.6. The molecule has 1 atom stereocenters. The van der Waals surface area contributed by atoms with Gasteiger partial charge >= 0.3 is 0 Å². The second-order valence-electron chi connectivity index (χ2n) is 4.36. The summed E-state index contributed by atoms with van der Waals surface area (Å²) < 4.78 is 2.10. The molecule has 0 aromatic carbocycles. The fourth-order valence-electron chi connectivity index (χ4n) is 1.91. The van der Waals surface area contributed by atoms with Gasteiger partial charge in [0.1, 0.15) is 12.2 Å². The van der Waals surface area contributed by atoms with Gasteiger partial charge in [0.2, 0.25) is 0 Å². The van der Waals surface area contributed by atoms with Crippen LogP contribution in [-0.4, -0.2) is 27.4 Å². The number of hydrogen-bond donors (Lipinski definition) is 1.